The molecule has 1 atom stereocenters. The third kappa shape index (κ3) is 5.97. The van der Waals surface area contributed by atoms with Crippen LogP contribution in [-0.4, -0.2) is 30.5 Å². The number of alkyl halides is 3. The number of nitrogens with one attached hydrogen (secondary N) is 1. The van der Waals surface area contributed by atoms with Gasteiger partial charge in [0, 0.05) is 42.4 Å². The molecule has 1 heterocycles. The van der Waals surface area contributed by atoms with Crippen molar-refractivity contribution in [3.63, 3.8) is 0 Å². The molecule has 0 aliphatic carbocycles. The van der Waals surface area contributed by atoms with E-state index in [1.807, 2.05) is 18.2 Å². The molecule has 11 heteroatoms. The standard InChI is InChI=1S/C18H21F3IN3O3S/c1-16(2,10-23)8-12-9-25(29-22)13-7-11(5-6-14(13)27-12)24-15(26)28-17(3,4)18(19,20)21/h5-7,12H,8-9H2,1-4H3,(H,24,26)/t12-/m0/s1. The summed E-state index contributed by atoms with van der Waals surface area (Å²) < 4.78 is 51.1. The van der Waals surface area contributed by atoms with E-state index >= 15 is 0 Å². The fourth-order valence-electron chi connectivity index (χ4n) is 2.61. The second kappa shape index (κ2) is 8.67. The number of rotatable bonds is 5. The lowest BCUT2D eigenvalue weighted by Gasteiger charge is -2.36. The summed E-state index contributed by atoms with van der Waals surface area (Å²) in [7, 11) is 1.41. The number of ether oxygens (including phenoxy) is 2. The molecule has 6 nitrogen and oxygen atoms in total. The van der Waals surface area contributed by atoms with Crippen LogP contribution in [0.3, 0.4) is 0 Å². The maximum atomic E-state index is 12.9. The first-order valence-electron chi connectivity index (χ1n) is 8.63. The Labute approximate surface area is 183 Å². The van der Waals surface area contributed by atoms with Crippen LogP contribution in [0.2, 0.25) is 0 Å². The molecule has 0 fully saturated rings. The fraction of sp³-hybridized carbons (Fsp3) is 0.556. The van der Waals surface area contributed by atoms with Crippen molar-refractivity contribution in [1.29, 1.82) is 5.26 Å². The van der Waals surface area contributed by atoms with E-state index in [9.17, 15) is 23.2 Å². The van der Waals surface area contributed by atoms with Crippen LogP contribution < -0.4 is 14.4 Å². The van der Waals surface area contributed by atoms with Crippen LogP contribution in [0.25, 0.3) is 0 Å². The summed E-state index contributed by atoms with van der Waals surface area (Å²) in [5, 5.41) is 11.6. The zero-order valence-electron chi connectivity index (χ0n) is 16.3. The Morgan fingerprint density at radius 1 is 1.41 bits per heavy atom. The number of fused-ring (bicyclic) bond motifs is 1. The van der Waals surface area contributed by atoms with Crippen LogP contribution >= 0.6 is 30.3 Å². The number of nitriles is 1. The molecule has 1 aromatic carbocycles. The molecule has 1 aliphatic heterocycles. The lowest BCUT2D eigenvalue weighted by Crippen LogP contribution is -2.44. The molecule has 0 radical (unpaired) electrons. The van der Waals surface area contributed by atoms with E-state index in [-0.39, 0.29) is 11.8 Å². The number of hydrogen-bond donors (Lipinski definition) is 1. The number of benzene rings is 1. The first-order chi connectivity index (χ1) is 13.3. The van der Waals surface area contributed by atoms with Gasteiger partial charge in [0.15, 0.2) is 0 Å². The summed E-state index contributed by atoms with van der Waals surface area (Å²) in [6.07, 6.45) is -5.55. The zero-order chi connectivity index (χ0) is 22.0. The summed E-state index contributed by atoms with van der Waals surface area (Å²) in [4.78, 5) is 11.9. The molecule has 1 N–H and O–H groups in total. The average Bonchev–Trinajstić information content (AvgIpc) is 2.59. The van der Waals surface area contributed by atoms with Crippen molar-refractivity contribution >= 4 is 47.8 Å². The van der Waals surface area contributed by atoms with Crippen LogP contribution in [0.4, 0.5) is 29.3 Å². The molecule has 160 valence electrons. The van der Waals surface area contributed by atoms with Gasteiger partial charge in [-0.1, -0.05) is 0 Å². The molecular weight excluding hydrogens is 522 g/mol. The number of carbonyl (C=O) groups is 1. The van der Waals surface area contributed by atoms with E-state index in [1.165, 1.54) is 15.2 Å². The van der Waals surface area contributed by atoms with Crippen molar-refractivity contribution in [1.82, 2.24) is 0 Å². The Hall–Kier alpha value is -1.55. The minimum atomic E-state index is -4.69. The third-order valence-electron chi connectivity index (χ3n) is 4.29. The van der Waals surface area contributed by atoms with Gasteiger partial charge in [-0.3, -0.25) is 5.32 Å². The van der Waals surface area contributed by atoms with Gasteiger partial charge in [0.1, 0.15) is 11.9 Å². The highest BCUT2D eigenvalue weighted by Gasteiger charge is 2.51. The highest BCUT2D eigenvalue weighted by Crippen LogP contribution is 2.42. The van der Waals surface area contributed by atoms with Crippen molar-refractivity contribution in [3.05, 3.63) is 18.2 Å². The molecular formula is C18H21F3IN3O3S. The number of nitrogens with zero attached hydrogens (tertiary/aromatic N) is 2. The summed E-state index contributed by atoms with van der Waals surface area (Å²) >= 11 is 2.11. The van der Waals surface area contributed by atoms with Gasteiger partial charge in [0.05, 0.1) is 23.7 Å². The first-order valence-corrected chi connectivity index (χ1v) is 11.9. The van der Waals surface area contributed by atoms with Crippen LogP contribution in [-0.2, 0) is 4.74 Å². The van der Waals surface area contributed by atoms with Gasteiger partial charge < -0.3 is 13.8 Å². The largest absolute Gasteiger partial charge is 0.486 e. The topological polar surface area (TPSA) is 74.6 Å². The number of amides is 1. The van der Waals surface area contributed by atoms with Crippen molar-refractivity contribution in [2.45, 2.75) is 52.0 Å². The van der Waals surface area contributed by atoms with Crippen molar-refractivity contribution in [2.75, 3.05) is 16.2 Å². The lowest BCUT2D eigenvalue weighted by molar-refractivity contribution is -0.242. The average molecular weight is 543 g/mol. The SMILES string of the molecule is CC(C)(C#N)C[C@H]1CN(SI)c2cc(NC(=O)OC(C)(C)C(F)(F)F)ccc2O1. The molecule has 2 rings (SSSR count). The molecule has 0 saturated carbocycles. The van der Waals surface area contributed by atoms with Gasteiger partial charge in [-0.25, -0.2) is 4.79 Å². The molecule has 0 aromatic heterocycles. The quantitative estimate of drug-likeness (QED) is 0.359. The van der Waals surface area contributed by atoms with Gasteiger partial charge in [-0.05, 0) is 45.9 Å². The van der Waals surface area contributed by atoms with E-state index in [0.717, 1.165) is 13.8 Å². The normalized spacial score (nSPS) is 17.1. The Morgan fingerprint density at radius 2 is 2.07 bits per heavy atom. The van der Waals surface area contributed by atoms with E-state index in [2.05, 4.69) is 37.3 Å². The predicted molar refractivity (Wildman–Crippen MR) is 114 cm³/mol. The monoisotopic (exact) mass is 543 g/mol. The lowest BCUT2D eigenvalue weighted by atomic mass is 9.88. The van der Waals surface area contributed by atoms with Crippen molar-refractivity contribution < 1.29 is 27.4 Å². The summed E-state index contributed by atoms with van der Waals surface area (Å²) in [6.45, 7) is 5.76. The van der Waals surface area contributed by atoms with Crippen LogP contribution in [0.1, 0.15) is 34.1 Å². The molecule has 1 aromatic rings. The fourth-order valence-corrected chi connectivity index (χ4v) is 4.17. The highest BCUT2D eigenvalue weighted by molar-refractivity contribution is 14.2. The summed E-state index contributed by atoms with van der Waals surface area (Å²) in [6, 6.07) is 7.01. The molecule has 29 heavy (non-hydrogen) atoms. The smallest absolute Gasteiger partial charge is 0.427 e. The summed E-state index contributed by atoms with van der Waals surface area (Å²) in [5.41, 5.74) is -2.20. The van der Waals surface area contributed by atoms with Crippen LogP contribution in [0, 0.1) is 16.7 Å². The number of hydrogen-bond acceptors (Lipinski definition) is 6. The first kappa shape index (κ1) is 23.7. The summed E-state index contributed by atoms with van der Waals surface area (Å²) in [5.74, 6) is 0.564. The molecule has 0 bridgehead atoms. The Kier molecular flexibility index (Phi) is 7.09. The number of carbonyl (C=O) groups excluding carboxylic acids is 1. The second-order valence-corrected chi connectivity index (χ2v) is 9.54. The van der Waals surface area contributed by atoms with Gasteiger partial charge in [-0.15, -0.1) is 0 Å². The highest BCUT2D eigenvalue weighted by atomic mass is 127. The molecule has 1 aliphatic rings. The molecule has 0 unspecified atom stereocenters. The maximum absolute atomic E-state index is 12.9. The maximum Gasteiger partial charge on any atom is 0.427 e. The van der Waals surface area contributed by atoms with E-state index in [4.69, 9.17) is 4.74 Å². The third-order valence-corrected chi connectivity index (χ3v) is 6.23. The van der Waals surface area contributed by atoms with Crippen LogP contribution in [0.5, 0.6) is 5.75 Å². The van der Waals surface area contributed by atoms with Crippen molar-refractivity contribution in [3.8, 4) is 11.8 Å². The Bertz CT molecular complexity index is 812. The molecule has 0 saturated heterocycles. The van der Waals surface area contributed by atoms with Gasteiger partial charge in [-0.2, -0.15) is 18.4 Å². The molecule has 0 spiro atoms. The minimum absolute atomic E-state index is 0.198. The van der Waals surface area contributed by atoms with Crippen molar-refractivity contribution in [2.24, 2.45) is 5.41 Å². The Morgan fingerprint density at radius 3 is 2.62 bits per heavy atom. The van der Waals surface area contributed by atoms with E-state index in [1.54, 1.807) is 12.1 Å². The second-order valence-electron chi connectivity index (χ2n) is 7.77. The number of anilines is 2. The minimum Gasteiger partial charge on any atom is -0.486 e. The Balaban J connectivity index is 2.15. The van der Waals surface area contributed by atoms with Gasteiger partial charge in [0.2, 0.25) is 5.60 Å². The van der Waals surface area contributed by atoms with Crippen LogP contribution in [0.15, 0.2) is 18.2 Å². The van der Waals surface area contributed by atoms with Gasteiger partial charge in [0.25, 0.3) is 0 Å². The number of halogens is 4. The zero-order valence-corrected chi connectivity index (χ0v) is 19.2. The van der Waals surface area contributed by atoms with E-state index < -0.39 is 23.3 Å². The van der Waals surface area contributed by atoms with E-state index in [0.29, 0.717) is 24.4 Å². The molecule has 1 amide bonds. The van der Waals surface area contributed by atoms with Gasteiger partial charge >= 0.3 is 12.3 Å². The predicted octanol–water partition coefficient (Wildman–Crippen LogP) is 6.08.